The first-order chi connectivity index (χ1) is 7.74. The molecular weight excluding hydrogens is 208 g/mol. The first-order valence-corrected chi connectivity index (χ1v) is 5.74. The Kier molecular flexibility index (Phi) is 3.17. The molecule has 1 aliphatic carbocycles. The van der Waals surface area contributed by atoms with Crippen LogP contribution in [0.2, 0.25) is 0 Å². The summed E-state index contributed by atoms with van der Waals surface area (Å²) in [4.78, 5) is 11.2. The number of carboxylic acid groups (broad SMARTS) is 1. The third kappa shape index (κ3) is 1.91. The van der Waals surface area contributed by atoms with Crippen molar-refractivity contribution in [3.05, 3.63) is 5.82 Å². The van der Waals surface area contributed by atoms with Crippen molar-refractivity contribution < 1.29 is 9.90 Å². The van der Waals surface area contributed by atoms with Crippen molar-refractivity contribution in [2.45, 2.75) is 51.0 Å². The van der Waals surface area contributed by atoms with E-state index in [1.54, 1.807) is 0 Å². The van der Waals surface area contributed by atoms with Gasteiger partial charge in [0, 0.05) is 5.92 Å². The summed E-state index contributed by atoms with van der Waals surface area (Å²) in [5.41, 5.74) is 0. The molecule has 2 rings (SSSR count). The molecule has 1 atom stereocenters. The van der Waals surface area contributed by atoms with Crippen molar-refractivity contribution in [1.29, 1.82) is 0 Å². The Morgan fingerprint density at radius 3 is 2.88 bits per heavy atom. The maximum Gasteiger partial charge on any atom is 0.328 e. The Morgan fingerprint density at radius 1 is 1.62 bits per heavy atom. The van der Waals surface area contributed by atoms with Gasteiger partial charge in [-0.15, -0.1) is 5.10 Å². The maximum absolute atomic E-state index is 11.2. The summed E-state index contributed by atoms with van der Waals surface area (Å²) < 4.78 is 1.50. The number of aromatic nitrogens is 4. The van der Waals surface area contributed by atoms with Crippen LogP contribution in [0.3, 0.4) is 0 Å². The summed E-state index contributed by atoms with van der Waals surface area (Å²) in [5, 5.41) is 20.6. The van der Waals surface area contributed by atoms with E-state index in [1.807, 2.05) is 6.92 Å². The average Bonchev–Trinajstić information content (AvgIpc) is 2.59. The summed E-state index contributed by atoms with van der Waals surface area (Å²) in [5.74, 6) is 0.246. The van der Waals surface area contributed by atoms with E-state index < -0.39 is 12.0 Å². The van der Waals surface area contributed by atoms with Crippen molar-refractivity contribution >= 4 is 5.97 Å². The lowest BCUT2D eigenvalue weighted by Crippen LogP contribution is -2.25. The summed E-state index contributed by atoms with van der Waals surface area (Å²) in [6, 6.07) is -0.615. The molecule has 6 heteroatoms. The molecular formula is C10H16N4O2. The second-order valence-corrected chi connectivity index (χ2v) is 4.25. The number of hydrogen-bond donors (Lipinski definition) is 1. The van der Waals surface area contributed by atoms with E-state index in [0.717, 1.165) is 25.1 Å². The van der Waals surface area contributed by atoms with Gasteiger partial charge in [-0.05, 0) is 29.7 Å². The lowest BCUT2D eigenvalue weighted by atomic mass is 9.84. The topological polar surface area (TPSA) is 80.9 Å². The molecule has 0 spiro atoms. The van der Waals surface area contributed by atoms with Gasteiger partial charge < -0.3 is 5.11 Å². The second-order valence-electron chi connectivity index (χ2n) is 4.25. The Balaban J connectivity index is 2.22. The number of hydrogen-bond acceptors (Lipinski definition) is 4. The van der Waals surface area contributed by atoms with Gasteiger partial charge in [0.15, 0.2) is 11.9 Å². The van der Waals surface area contributed by atoms with Gasteiger partial charge in [0.05, 0.1) is 0 Å². The highest BCUT2D eigenvalue weighted by atomic mass is 16.4. The van der Waals surface area contributed by atoms with E-state index in [9.17, 15) is 4.79 Å². The van der Waals surface area contributed by atoms with Crippen LogP contribution in [0.4, 0.5) is 0 Å². The minimum absolute atomic E-state index is 0.355. The third-order valence-electron chi connectivity index (χ3n) is 3.13. The van der Waals surface area contributed by atoms with Gasteiger partial charge in [0.1, 0.15) is 0 Å². The molecule has 0 bridgehead atoms. The van der Waals surface area contributed by atoms with Gasteiger partial charge >= 0.3 is 5.97 Å². The molecule has 1 fully saturated rings. The van der Waals surface area contributed by atoms with Crippen molar-refractivity contribution in [1.82, 2.24) is 20.2 Å². The SMILES string of the molecule is CCCC(C(=O)O)n1nnnc1C1CCC1. The van der Waals surface area contributed by atoms with Crippen LogP contribution < -0.4 is 0 Å². The molecule has 0 radical (unpaired) electrons. The highest BCUT2D eigenvalue weighted by molar-refractivity contribution is 5.71. The predicted octanol–water partition coefficient (Wildman–Crippen LogP) is 1.37. The van der Waals surface area contributed by atoms with Crippen LogP contribution in [0.25, 0.3) is 0 Å². The number of tetrazole rings is 1. The van der Waals surface area contributed by atoms with Crippen molar-refractivity contribution in [2.24, 2.45) is 0 Å². The molecule has 1 aromatic heterocycles. The van der Waals surface area contributed by atoms with Crippen LogP contribution in [0.5, 0.6) is 0 Å². The normalized spacial score (nSPS) is 18.1. The molecule has 88 valence electrons. The Bertz CT molecular complexity index is 373. The fourth-order valence-electron chi connectivity index (χ4n) is 1.98. The monoisotopic (exact) mass is 224 g/mol. The summed E-state index contributed by atoms with van der Waals surface area (Å²) in [6.45, 7) is 1.96. The number of rotatable bonds is 5. The fourth-order valence-corrected chi connectivity index (χ4v) is 1.98. The highest BCUT2D eigenvalue weighted by Crippen LogP contribution is 2.35. The van der Waals surface area contributed by atoms with Crippen LogP contribution in [-0.2, 0) is 4.79 Å². The molecule has 1 saturated carbocycles. The lowest BCUT2D eigenvalue weighted by Gasteiger charge is -2.25. The van der Waals surface area contributed by atoms with Crippen LogP contribution in [0.15, 0.2) is 0 Å². The zero-order valence-electron chi connectivity index (χ0n) is 9.33. The van der Waals surface area contributed by atoms with Gasteiger partial charge in [0.25, 0.3) is 0 Å². The van der Waals surface area contributed by atoms with Gasteiger partial charge in [-0.25, -0.2) is 9.48 Å². The van der Waals surface area contributed by atoms with Crippen LogP contribution in [-0.4, -0.2) is 31.3 Å². The quantitative estimate of drug-likeness (QED) is 0.816. The Morgan fingerprint density at radius 2 is 2.38 bits per heavy atom. The van der Waals surface area contributed by atoms with E-state index in [0.29, 0.717) is 12.3 Å². The molecule has 0 saturated heterocycles. The van der Waals surface area contributed by atoms with Crippen molar-refractivity contribution in [2.75, 3.05) is 0 Å². The minimum Gasteiger partial charge on any atom is -0.480 e. The predicted molar refractivity (Wildman–Crippen MR) is 56.0 cm³/mol. The standard InChI is InChI=1S/C10H16N4O2/c1-2-4-8(10(15)16)14-9(11-12-13-14)7-5-3-6-7/h7-8H,2-6H2,1H3,(H,15,16). The molecule has 1 unspecified atom stereocenters. The summed E-state index contributed by atoms with van der Waals surface area (Å²) >= 11 is 0. The second kappa shape index (κ2) is 4.59. The highest BCUT2D eigenvalue weighted by Gasteiger charge is 2.30. The Hall–Kier alpha value is -1.46. The van der Waals surface area contributed by atoms with E-state index in [2.05, 4.69) is 15.5 Å². The lowest BCUT2D eigenvalue weighted by molar-refractivity contribution is -0.141. The number of carboxylic acids is 1. The average molecular weight is 224 g/mol. The van der Waals surface area contributed by atoms with Crippen molar-refractivity contribution in [3.63, 3.8) is 0 Å². The smallest absolute Gasteiger partial charge is 0.328 e. The minimum atomic E-state index is -0.852. The molecule has 1 N–H and O–H groups in total. The van der Waals surface area contributed by atoms with Gasteiger partial charge in [-0.2, -0.15) is 0 Å². The molecule has 1 heterocycles. The van der Waals surface area contributed by atoms with Gasteiger partial charge in [-0.3, -0.25) is 0 Å². The molecule has 0 amide bonds. The van der Waals surface area contributed by atoms with Crippen LogP contribution >= 0.6 is 0 Å². The maximum atomic E-state index is 11.2. The van der Waals surface area contributed by atoms with E-state index in [1.165, 1.54) is 11.1 Å². The van der Waals surface area contributed by atoms with Crippen molar-refractivity contribution in [3.8, 4) is 0 Å². The molecule has 0 aromatic carbocycles. The summed E-state index contributed by atoms with van der Waals surface area (Å²) in [6.07, 6.45) is 4.70. The number of aliphatic carboxylic acids is 1. The Labute approximate surface area is 93.6 Å². The van der Waals surface area contributed by atoms with Gasteiger partial charge in [-0.1, -0.05) is 19.8 Å². The van der Waals surface area contributed by atoms with Crippen LogP contribution in [0.1, 0.15) is 56.8 Å². The van der Waals surface area contributed by atoms with Crippen LogP contribution in [0, 0.1) is 0 Å². The largest absolute Gasteiger partial charge is 0.480 e. The van der Waals surface area contributed by atoms with Gasteiger partial charge in [0.2, 0.25) is 0 Å². The van der Waals surface area contributed by atoms with E-state index in [4.69, 9.17) is 5.11 Å². The number of nitrogens with zero attached hydrogens (tertiary/aromatic N) is 4. The number of carbonyl (C=O) groups is 1. The molecule has 1 aliphatic rings. The fraction of sp³-hybridized carbons (Fsp3) is 0.800. The molecule has 16 heavy (non-hydrogen) atoms. The molecule has 1 aromatic rings. The zero-order chi connectivity index (χ0) is 11.5. The van der Waals surface area contributed by atoms with E-state index >= 15 is 0 Å². The third-order valence-corrected chi connectivity index (χ3v) is 3.13. The van der Waals surface area contributed by atoms with E-state index in [-0.39, 0.29) is 0 Å². The summed E-state index contributed by atoms with van der Waals surface area (Å²) in [7, 11) is 0. The first-order valence-electron chi connectivity index (χ1n) is 5.74. The first kappa shape index (κ1) is 11.0. The molecule has 6 nitrogen and oxygen atoms in total. The molecule has 0 aliphatic heterocycles. The zero-order valence-corrected chi connectivity index (χ0v) is 9.33.